The molecule has 0 N–H and O–H groups in total. The van der Waals surface area contributed by atoms with Gasteiger partial charge in [-0.15, -0.1) is 0 Å². The van der Waals surface area contributed by atoms with Crippen molar-refractivity contribution in [2.45, 2.75) is 76.2 Å². The fourth-order valence-electron chi connectivity index (χ4n) is 19.9. The van der Waals surface area contributed by atoms with Crippen molar-refractivity contribution in [1.82, 2.24) is 29.1 Å². The largest absolute Gasteiger partial charge is 0.437 e. The third-order valence-electron chi connectivity index (χ3n) is 26.5. The number of fused-ring (bicyclic) bond motifs is 24. The van der Waals surface area contributed by atoms with Crippen molar-refractivity contribution < 1.29 is 35.9 Å². The number of para-hydroxylation sites is 5. The number of benzene rings is 12. The molecule has 0 saturated carbocycles. The van der Waals surface area contributed by atoms with Crippen LogP contribution in [0.15, 0.2) is 267 Å². The molecule has 0 radical (unpaired) electrons. The second kappa shape index (κ2) is 28.7. The average Bonchev–Trinajstić information content (AvgIpc) is 1.60. The molecule has 14 nitrogen and oxygen atoms in total. The molecular weight excluding hydrogens is 1510 g/mol. The molecule has 0 aliphatic heterocycles. The van der Waals surface area contributed by atoms with Gasteiger partial charge in [0.25, 0.3) is 11.6 Å². The highest BCUT2D eigenvalue weighted by molar-refractivity contribution is 6.24. The summed E-state index contributed by atoms with van der Waals surface area (Å²) in [6, 6.07) is 85.7. The summed E-state index contributed by atoms with van der Waals surface area (Å²) >= 11 is 0. The number of rotatable bonds is 4. The first-order valence-corrected chi connectivity index (χ1v) is 42.1. The van der Waals surface area contributed by atoms with Gasteiger partial charge in [0, 0.05) is 101 Å². The fourth-order valence-corrected chi connectivity index (χ4v) is 19.9. The third kappa shape index (κ3) is 11.6. The quantitative estimate of drug-likeness (QED) is 0.159. The minimum Gasteiger partial charge on any atom is -0.437 e. The first kappa shape index (κ1) is 75.7. The van der Waals surface area contributed by atoms with Crippen molar-refractivity contribution >= 4 is 175 Å². The molecule has 0 spiro atoms. The highest BCUT2D eigenvalue weighted by Gasteiger charge is 2.33. The average molecular weight is 1610 g/mol. The first-order chi connectivity index (χ1) is 59.6. The molecule has 123 heavy (non-hydrogen) atoms. The highest BCUT2D eigenvalue weighted by Crippen LogP contribution is 2.47. The Morgan fingerprint density at radius 1 is 0.260 bits per heavy atom. The lowest BCUT2D eigenvalue weighted by atomic mass is 9.94. The van der Waals surface area contributed by atoms with E-state index in [1.807, 2.05) is 19.2 Å². The van der Waals surface area contributed by atoms with Crippen molar-refractivity contribution in [3.63, 3.8) is 0 Å². The predicted molar refractivity (Wildman–Crippen MR) is 503 cm³/mol. The number of pyridine rings is 6. The maximum atomic E-state index is 6.55. The lowest BCUT2D eigenvalue weighted by Crippen LogP contribution is -2.32. The molecule has 0 atom stereocenters. The summed E-state index contributed by atoms with van der Waals surface area (Å²) in [7, 11) is 12.8. The standard InChI is InChI=1S/2C29H25N2O.C26H22N3O.C25H20N3O/c1-16-14-23-27-22-12-7-6-11-21(22)19(4)30-29(27)32-28(23)26(18(16)3)25-15-17(2)20-10-8-9-13-24(20)31(25)5;1-16-9-8-12-24-20(16)13-14-25(31(24)5)26-18(3)17(2)15-23-27-22-11-7-6-10-21(22)19(4)30-29(27)32-28(23)26;1-15-13-14-19-23-18-10-6-5-9-17(18)16(2)27-25(23)30-24(19)22(15)26-28(3)20-11-7-8-12-21(20)29(26)4;1-15-12-13-18-22-17-9-5-4-8-16(17)14-26-24(22)29-23(18)21(15)25-27(2)19-10-6-7-11-20(19)28(25)3/h2*6-15H,1-5H3;5-14H,1-4H3;4-14H,1-3H3/q4*+1. The van der Waals surface area contributed by atoms with E-state index >= 15 is 0 Å². The second-order valence-corrected chi connectivity index (χ2v) is 33.5. The first-order valence-electron chi connectivity index (χ1n) is 42.1. The van der Waals surface area contributed by atoms with E-state index in [0.717, 1.165) is 133 Å². The van der Waals surface area contributed by atoms with E-state index in [9.17, 15) is 0 Å². The smallest absolute Gasteiger partial charge is 0.293 e. The number of nitrogens with zero attached hydrogens (tertiary/aromatic N) is 10. The van der Waals surface area contributed by atoms with E-state index in [0.29, 0.717) is 22.9 Å². The monoisotopic (exact) mass is 1600 g/mol. The predicted octanol–water partition coefficient (Wildman–Crippen LogP) is 25.2. The Hall–Kier alpha value is -14.8. The minimum atomic E-state index is 0.687. The van der Waals surface area contributed by atoms with Crippen LogP contribution in [0.5, 0.6) is 0 Å². The van der Waals surface area contributed by atoms with Crippen LogP contribution in [0.3, 0.4) is 0 Å². The van der Waals surface area contributed by atoms with Crippen LogP contribution >= 0.6 is 0 Å². The van der Waals surface area contributed by atoms with Gasteiger partial charge in [0.05, 0.1) is 60.9 Å². The number of furan rings is 4. The molecule has 598 valence electrons. The number of hydrogen-bond donors (Lipinski definition) is 0. The van der Waals surface area contributed by atoms with E-state index in [4.69, 9.17) is 32.6 Å². The zero-order valence-corrected chi connectivity index (χ0v) is 72.3. The molecular formula is C109H92N10O4+4. The highest BCUT2D eigenvalue weighted by atomic mass is 16.4. The zero-order chi connectivity index (χ0) is 84.6. The summed E-state index contributed by atoms with van der Waals surface area (Å²) in [6.45, 7) is 23.6. The maximum absolute atomic E-state index is 6.55. The van der Waals surface area contributed by atoms with E-state index < -0.39 is 0 Å². The van der Waals surface area contributed by atoms with Gasteiger partial charge < -0.3 is 17.7 Å². The molecule has 0 unspecified atom stereocenters. The Balaban J connectivity index is 0.000000101. The number of imidazole rings is 2. The Labute approximate surface area is 710 Å². The van der Waals surface area contributed by atoms with Crippen LogP contribution < -0.4 is 18.3 Å². The minimum absolute atomic E-state index is 0.687. The van der Waals surface area contributed by atoms with Crippen molar-refractivity contribution in [3.05, 3.63) is 310 Å². The topological polar surface area (TPSA) is 130 Å². The van der Waals surface area contributed by atoms with Gasteiger partial charge in [-0.3, -0.25) is 0 Å². The number of aryl methyl sites for hydroxylation is 15. The van der Waals surface area contributed by atoms with Gasteiger partial charge in [-0.25, -0.2) is 38.2 Å². The van der Waals surface area contributed by atoms with E-state index in [1.165, 1.54) is 126 Å². The van der Waals surface area contributed by atoms with Crippen LogP contribution in [-0.4, -0.2) is 29.1 Å². The van der Waals surface area contributed by atoms with Crippen LogP contribution in [0, 0.1) is 76.2 Å². The molecule has 12 aromatic carbocycles. The number of aromatic nitrogens is 10. The molecule has 12 heterocycles. The van der Waals surface area contributed by atoms with Gasteiger partial charge >= 0.3 is 0 Å². The fraction of sp³-hybridized carbons (Fsp3) is 0.156. The second-order valence-electron chi connectivity index (χ2n) is 33.5. The molecule has 0 fully saturated rings. The van der Waals surface area contributed by atoms with Crippen molar-refractivity contribution in [3.8, 4) is 45.3 Å². The van der Waals surface area contributed by atoms with Gasteiger partial charge in [0.2, 0.25) is 45.3 Å². The van der Waals surface area contributed by atoms with Crippen molar-refractivity contribution in [2.75, 3.05) is 0 Å². The van der Waals surface area contributed by atoms with E-state index in [2.05, 4.69) is 380 Å². The van der Waals surface area contributed by atoms with Crippen LogP contribution in [0.2, 0.25) is 0 Å². The SMILES string of the molecule is Cc1cc2c(oc3nc(C)c4ccccc4c32)c(-c2cc(C)c3ccccc3[n+]2C)c1C.Cc1cc2c(oc3nc(C)c4ccccc4c32)c(-c2ccc3c(C)cccc3[n+]2C)c1C.Cc1ccc2c(oc3nc(C)c4ccccc4c32)c1-c1n(C)c2ccccc2[n+]1C.Cc1ccc2c(oc3ncc4ccccc4c32)c1-c1n(C)c2ccccc2[n+]1C. The normalized spacial score (nSPS) is 11.9. The molecule has 0 aliphatic rings. The van der Waals surface area contributed by atoms with Crippen LogP contribution in [0.25, 0.3) is 221 Å². The molecule has 0 saturated heterocycles. The van der Waals surface area contributed by atoms with E-state index in [1.54, 1.807) is 0 Å². The summed E-state index contributed by atoms with van der Waals surface area (Å²) < 4.78 is 39.5. The molecule has 14 heteroatoms. The summed E-state index contributed by atoms with van der Waals surface area (Å²) in [5, 5.41) is 20.8. The van der Waals surface area contributed by atoms with Crippen LogP contribution in [0.1, 0.15) is 61.6 Å². The Bertz CT molecular complexity index is 8590. The molecule has 24 rings (SSSR count). The zero-order valence-electron chi connectivity index (χ0n) is 72.3. The molecule has 24 aromatic rings. The lowest BCUT2D eigenvalue weighted by molar-refractivity contribution is -0.634. The Morgan fingerprint density at radius 3 is 1.10 bits per heavy atom. The van der Waals surface area contributed by atoms with Gasteiger partial charge in [0.1, 0.15) is 25.2 Å². The summed E-state index contributed by atoms with van der Waals surface area (Å²) in [4.78, 5) is 19.1. The van der Waals surface area contributed by atoms with E-state index in [-0.39, 0.29) is 0 Å². The third-order valence-corrected chi connectivity index (χ3v) is 26.5. The summed E-state index contributed by atoms with van der Waals surface area (Å²) in [5.41, 5.74) is 33.4. The van der Waals surface area contributed by atoms with Gasteiger partial charge in [0.15, 0.2) is 44.4 Å². The molecule has 0 amide bonds. The van der Waals surface area contributed by atoms with Crippen molar-refractivity contribution in [1.29, 1.82) is 0 Å². The Morgan fingerprint density at radius 2 is 0.618 bits per heavy atom. The lowest BCUT2D eigenvalue weighted by Gasteiger charge is -2.11. The molecule has 12 aromatic heterocycles. The van der Waals surface area contributed by atoms with Crippen LogP contribution in [-0.2, 0) is 42.3 Å². The van der Waals surface area contributed by atoms with Gasteiger partial charge in [-0.05, 0) is 191 Å². The van der Waals surface area contributed by atoms with Crippen molar-refractivity contribution in [2.24, 2.45) is 42.3 Å². The van der Waals surface area contributed by atoms with Gasteiger partial charge in [-0.1, -0.05) is 170 Å². The summed E-state index contributed by atoms with van der Waals surface area (Å²) in [5.74, 6) is 2.25. The Kier molecular flexibility index (Phi) is 17.7. The molecule has 0 bridgehead atoms. The van der Waals surface area contributed by atoms with Gasteiger partial charge in [-0.2, -0.15) is 9.13 Å². The summed E-state index contributed by atoms with van der Waals surface area (Å²) in [6.07, 6.45) is 1.89. The molecule has 0 aliphatic carbocycles. The number of hydrogen-bond acceptors (Lipinski definition) is 8. The maximum Gasteiger partial charge on any atom is 0.293 e. The van der Waals surface area contributed by atoms with Crippen LogP contribution in [0.4, 0.5) is 0 Å².